The molecule has 1 amide bonds. The Labute approximate surface area is 169 Å². The maximum Gasteiger partial charge on any atom is 0.259 e. The summed E-state index contributed by atoms with van der Waals surface area (Å²) in [6.45, 7) is 0.480. The molecule has 3 aromatic rings. The fraction of sp³-hybridized carbons (Fsp3) is 0.409. The van der Waals surface area contributed by atoms with E-state index in [1.165, 1.54) is 19.3 Å². The molecular formula is C22H26N4O3. The molecule has 7 nitrogen and oxygen atoms in total. The molecular weight excluding hydrogens is 368 g/mol. The topological polar surface area (TPSA) is 89.0 Å². The van der Waals surface area contributed by atoms with Crippen molar-refractivity contribution in [3.05, 3.63) is 47.0 Å². The number of hydrogen-bond donors (Lipinski definition) is 2. The van der Waals surface area contributed by atoms with Crippen LogP contribution in [0.3, 0.4) is 0 Å². The van der Waals surface area contributed by atoms with Gasteiger partial charge in [-0.1, -0.05) is 19.3 Å². The van der Waals surface area contributed by atoms with Gasteiger partial charge in [-0.3, -0.25) is 9.59 Å². The minimum absolute atomic E-state index is 0.0519. The number of ether oxygens (including phenoxy) is 1. The Hall–Kier alpha value is -3.09. The number of fused-ring (bicyclic) bond motifs is 1. The number of methoxy groups -OCH3 is 1. The zero-order valence-electron chi connectivity index (χ0n) is 16.6. The summed E-state index contributed by atoms with van der Waals surface area (Å²) in [5.41, 5.74) is 0.980. The minimum Gasteiger partial charge on any atom is -0.497 e. The Morgan fingerprint density at radius 3 is 2.90 bits per heavy atom. The maximum atomic E-state index is 12.7. The zero-order valence-corrected chi connectivity index (χ0v) is 16.6. The first-order chi connectivity index (χ1) is 14.1. The Bertz CT molecular complexity index is 1060. The van der Waals surface area contributed by atoms with Crippen LogP contribution in [0.1, 0.15) is 38.5 Å². The highest BCUT2D eigenvalue weighted by molar-refractivity contribution is 5.83. The monoisotopic (exact) mass is 394 g/mol. The molecule has 2 aromatic heterocycles. The van der Waals surface area contributed by atoms with Gasteiger partial charge in [0.05, 0.1) is 18.2 Å². The molecule has 0 spiro atoms. The number of nitrogens with one attached hydrogen (secondary N) is 2. The van der Waals surface area contributed by atoms with Crippen LogP contribution >= 0.6 is 0 Å². The lowest BCUT2D eigenvalue weighted by Gasteiger charge is -2.22. The van der Waals surface area contributed by atoms with Gasteiger partial charge in [0.15, 0.2) is 0 Å². The molecule has 152 valence electrons. The van der Waals surface area contributed by atoms with E-state index >= 15 is 0 Å². The number of hydrogen-bond acceptors (Lipinski definition) is 4. The first kappa shape index (κ1) is 19.2. The zero-order chi connectivity index (χ0) is 20.2. The molecule has 0 unspecified atom stereocenters. The van der Waals surface area contributed by atoms with E-state index in [-0.39, 0.29) is 11.5 Å². The first-order valence-corrected chi connectivity index (χ1v) is 10.2. The summed E-state index contributed by atoms with van der Waals surface area (Å²) in [4.78, 5) is 32.3. The number of amides is 1. The summed E-state index contributed by atoms with van der Waals surface area (Å²) < 4.78 is 7.08. The molecule has 1 saturated carbocycles. The number of benzene rings is 1. The molecule has 2 N–H and O–H groups in total. The van der Waals surface area contributed by atoms with E-state index in [0.717, 1.165) is 18.2 Å². The molecule has 1 aliphatic rings. The normalized spacial score (nSPS) is 14.8. The van der Waals surface area contributed by atoms with Crippen LogP contribution in [0.2, 0.25) is 0 Å². The van der Waals surface area contributed by atoms with Gasteiger partial charge >= 0.3 is 0 Å². The predicted octanol–water partition coefficient (Wildman–Crippen LogP) is 3.24. The minimum atomic E-state index is -0.218. The third-order valence-corrected chi connectivity index (χ3v) is 5.56. The Morgan fingerprint density at radius 2 is 2.10 bits per heavy atom. The fourth-order valence-electron chi connectivity index (χ4n) is 3.98. The van der Waals surface area contributed by atoms with Crippen molar-refractivity contribution < 1.29 is 9.53 Å². The largest absolute Gasteiger partial charge is 0.497 e. The van der Waals surface area contributed by atoms with Gasteiger partial charge in [0.25, 0.3) is 5.56 Å². The molecule has 1 aromatic carbocycles. The third-order valence-electron chi connectivity index (χ3n) is 5.56. The summed E-state index contributed by atoms with van der Waals surface area (Å²) in [5, 5.41) is 4.03. The standard InChI is InChI=1S/C22H26N4O3/c1-29-17-8-7-15-13-18(22(28)25-19(15)14-17)21-23-10-12-26(21)11-9-20(27)24-16-5-3-2-4-6-16/h7-8,10,12-14,16H,2-6,9,11H2,1H3,(H,24,27)(H,25,28). The number of nitrogens with zero attached hydrogens (tertiary/aromatic N) is 2. The molecule has 1 aliphatic carbocycles. The number of aromatic amines is 1. The lowest BCUT2D eigenvalue weighted by molar-refractivity contribution is -0.122. The second-order valence-electron chi connectivity index (χ2n) is 7.56. The molecule has 4 rings (SSSR count). The molecule has 2 heterocycles. The SMILES string of the molecule is COc1ccc2cc(-c3nccn3CCC(=O)NC3CCCCC3)c(=O)[nH]c2c1. The summed E-state index contributed by atoms with van der Waals surface area (Å²) in [7, 11) is 1.59. The van der Waals surface area contributed by atoms with Crippen molar-refractivity contribution >= 4 is 16.8 Å². The average molecular weight is 394 g/mol. The van der Waals surface area contributed by atoms with Gasteiger partial charge in [-0.25, -0.2) is 4.98 Å². The van der Waals surface area contributed by atoms with E-state index in [4.69, 9.17) is 4.74 Å². The van der Waals surface area contributed by atoms with Crippen LogP contribution < -0.4 is 15.6 Å². The molecule has 1 fully saturated rings. The van der Waals surface area contributed by atoms with Crippen molar-refractivity contribution in [3.63, 3.8) is 0 Å². The van der Waals surface area contributed by atoms with Gasteiger partial charge in [0.2, 0.25) is 5.91 Å². The average Bonchev–Trinajstić information content (AvgIpc) is 3.20. The first-order valence-electron chi connectivity index (χ1n) is 10.2. The lowest BCUT2D eigenvalue weighted by Crippen LogP contribution is -2.36. The lowest BCUT2D eigenvalue weighted by atomic mass is 9.95. The van der Waals surface area contributed by atoms with E-state index < -0.39 is 0 Å². The van der Waals surface area contributed by atoms with Gasteiger partial charge in [-0.05, 0) is 36.4 Å². The highest BCUT2D eigenvalue weighted by atomic mass is 16.5. The van der Waals surface area contributed by atoms with Crippen molar-refractivity contribution in [2.75, 3.05) is 7.11 Å². The quantitative estimate of drug-likeness (QED) is 0.672. The molecule has 7 heteroatoms. The fourth-order valence-corrected chi connectivity index (χ4v) is 3.98. The smallest absolute Gasteiger partial charge is 0.259 e. The van der Waals surface area contributed by atoms with Crippen molar-refractivity contribution in [2.24, 2.45) is 0 Å². The van der Waals surface area contributed by atoms with Gasteiger partial charge in [-0.2, -0.15) is 0 Å². The van der Waals surface area contributed by atoms with Crippen LogP contribution in [0.4, 0.5) is 0 Å². The summed E-state index contributed by atoms with van der Waals surface area (Å²) in [5.74, 6) is 1.30. The second kappa shape index (κ2) is 8.51. The number of carbonyl (C=O) groups is 1. The molecule has 0 radical (unpaired) electrons. The van der Waals surface area contributed by atoms with E-state index in [1.54, 1.807) is 25.6 Å². The van der Waals surface area contributed by atoms with E-state index in [2.05, 4.69) is 15.3 Å². The molecule has 29 heavy (non-hydrogen) atoms. The number of rotatable bonds is 6. The Kier molecular flexibility index (Phi) is 5.64. The number of pyridine rings is 1. The highest BCUT2D eigenvalue weighted by Gasteiger charge is 2.17. The van der Waals surface area contributed by atoms with Crippen molar-refractivity contribution in [3.8, 4) is 17.1 Å². The molecule has 0 atom stereocenters. The number of H-pyrrole nitrogens is 1. The van der Waals surface area contributed by atoms with Crippen LogP contribution in [0, 0.1) is 0 Å². The van der Waals surface area contributed by atoms with Crippen LogP contribution in [0.5, 0.6) is 5.75 Å². The van der Waals surface area contributed by atoms with Gasteiger partial charge in [0.1, 0.15) is 11.6 Å². The maximum absolute atomic E-state index is 12.7. The number of imidazole rings is 1. The van der Waals surface area contributed by atoms with Crippen LogP contribution in [0.15, 0.2) is 41.5 Å². The van der Waals surface area contributed by atoms with Gasteiger partial charge < -0.3 is 19.6 Å². The summed E-state index contributed by atoms with van der Waals surface area (Å²) in [6.07, 6.45) is 9.60. The van der Waals surface area contributed by atoms with Gasteiger partial charge in [-0.15, -0.1) is 0 Å². The Morgan fingerprint density at radius 1 is 1.28 bits per heavy atom. The number of carbonyl (C=O) groups excluding carboxylic acids is 1. The van der Waals surface area contributed by atoms with Crippen molar-refractivity contribution in [1.29, 1.82) is 0 Å². The Balaban J connectivity index is 1.50. The van der Waals surface area contributed by atoms with Crippen LogP contribution in [0.25, 0.3) is 22.3 Å². The number of aromatic nitrogens is 3. The third kappa shape index (κ3) is 4.34. The van der Waals surface area contributed by atoms with Crippen LogP contribution in [-0.2, 0) is 11.3 Å². The summed E-state index contributed by atoms with van der Waals surface area (Å²) >= 11 is 0. The second-order valence-corrected chi connectivity index (χ2v) is 7.56. The predicted molar refractivity (Wildman–Crippen MR) is 112 cm³/mol. The molecule has 0 saturated heterocycles. The summed E-state index contributed by atoms with van der Waals surface area (Å²) in [6, 6.07) is 7.68. The van der Waals surface area contributed by atoms with E-state index in [0.29, 0.717) is 41.7 Å². The number of aryl methyl sites for hydroxylation is 1. The van der Waals surface area contributed by atoms with E-state index in [9.17, 15) is 9.59 Å². The van der Waals surface area contributed by atoms with Crippen molar-refractivity contribution in [2.45, 2.75) is 51.1 Å². The van der Waals surface area contributed by atoms with Gasteiger partial charge in [0, 0.05) is 37.5 Å². The van der Waals surface area contributed by atoms with Crippen molar-refractivity contribution in [1.82, 2.24) is 19.9 Å². The molecule has 0 bridgehead atoms. The van der Waals surface area contributed by atoms with E-state index in [1.807, 2.05) is 22.8 Å². The van der Waals surface area contributed by atoms with Crippen LogP contribution in [-0.4, -0.2) is 33.6 Å². The highest BCUT2D eigenvalue weighted by Crippen LogP contribution is 2.22. The molecule has 0 aliphatic heterocycles.